The van der Waals surface area contributed by atoms with Crippen molar-refractivity contribution in [3.8, 4) is 5.75 Å². The van der Waals surface area contributed by atoms with Gasteiger partial charge in [-0.05, 0) is 120 Å². The highest BCUT2D eigenvalue weighted by Gasteiger charge is 2.50. The number of amides is 15. The van der Waals surface area contributed by atoms with Gasteiger partial charge in [0.2, 0.25) is 88.6 Å². The Bertz CT molecular complexity index is 5050. The Morgan fingerprint density at radius 1 is 0.585 bits per heavy atom. The van der Waals surface area contributed by atoms with Gasteiger partial charge in [-0.25, -0.2) is 4.98 Å². The molecule has 16 atom stereocenters. The third-order valence-corrected chi connectivity index (χ3v) is 25.5. The number of rotatable bonds is 21. The largest absolute Gasteiger partial charge is 0.508 e. The Morgan fingerprint density at radius 2 is 1.14 bits per heavy atom. The van der Waals surface area contributed by atoms with Crippen LogP contribution >= 0.6 is 11.8 Å². The number of thioether (sulfide) groups is 1. The van der Waals surface area contributed by atoms with Gasteiger partial charge in [-0.3, -0.25) is 82.0 Å². The lowest BCUT2D eigenvalue weighted by molar-refractivity contribution is -0.172. The maximum Gasteiger partial charge on any atom is 0.303 e. The number of fused-ring (bicyclic) bond motifs is 6. The number of unbranched alkanes of at least 4 members (excludes halogenated alkanes) is 2. The molecular formula is C89H122N20O20S. The number of aromatic hydroxyl groups is 1. The molecule has 7 heterocycles. The number of para-hydroxylation sites is 2. The Kier molecular flexibility index (Phi) is 35.4. The first-order chi connectivity index (χ1) is 62.0. The Morgan fingerprint density at radius 3 is 1.74 bits per heavy atom. The predicted molar refractivity (Wildman–Crippen MR) is 477 cm³/mol. The minimum atomic E-state index is -1.81. The summed E-state index contributed by atoms with van der Waals surface area (Å²) >= 11 is 0.798. The molecule has 40 nitrogen and oxygen atoms in total. The summed E-state index contributed by atoms with van der Waals surface area (Å²) in [4.78, 5) is 253. The van der Waals surface area contributed by atoms with Crippen LogP contribution in [-0.2, 0) is 107 Å². The standard InChI is InChI=1S/C89H122N20O20S/c1-10-12-24-68-81(121)96-50(4)76(116)102-67(78(118)94-44-73(90)112)46-130-47-74(113)97-63(37-52-28-30-56(111)31-29-52)84(124)105(7)51(5)77(117)98-61(32-33-75(114)115)86(126)108-34-19-27-70(108)83(123)103-72(40-55-43-91-48-95-55)89(6)104-65(36-49(3)129-89)87(127)109-35-18-26-69(109)82(122)99-62(38-53-41-92-59-22-16-14-20-57(53)59)79(119)101-66(45-110)80(120)100-64(39-54-42-93-60-23-17-15-21-58(54)60)85(125)107(9)71(25-13-11-2)88(128)106(68)8/h14-17,20-23,28-31,41-43,48-51,61-72,92-93,104,110-111H,10-13,18-19,24-27,32-40,44-47H2,1-9H3,(H2,90,112)(H,91,95)(H,94,118)(H,96,121)(H,97,113)(H,98,117)(H,99,122)(H,100,120)(H,101,119)(H,102,116)(H,103,123)(H,114,115)/t49?,50-,51-,61-,62-,63-,64-,65-,66-,67-,68-,69-,70-,71-,72-,89?/m0/s1. The zero-order valence-electron chi connectivity index (χ0n) is 74.6. The van der Waals surface area contributed by atoms with Gasteiger partial charge in [0, 0.05) is 118 Å². The van der Waals surface area contributed by atoms with Crippen molar-refractivity contribution in [3.63, 3.8) is 0 Å². The van der Waals surface area contributed by atoms with Crippen LogP contribution in [0, 0.1) is 0 Å². The number of benzene rings is 3. The van der Waals surface area contributed by atoms with Gasteiger partial charge in [-0.1, -0.05) is 88.1 Å². The van der Waals surface area contributed by atoms with Crippen LogP contribution in [0.2, 0.25) is 0 Å². The van der Waals surface area contributed by atoms with Gasteiger partial charge in [0.25, 0.3) is 0 Å². The molecule has 3 aromatic heterocycles. The summed E-state index contributed by atoms with van der Waals surface area (Å²) in [6.07, 6.45) is 6.57. The smallest absolute Gasteiger partial charge is 0.303 e. The number of H-pyrrole nitrogens is 3. The molecule has 0 spiro atoms. The first kappa shape index (κ1) is 99.7. The van der Waals surface area contributed by atoms with Crippen molar-refractivity contribution < 1.29 is 96.8 Å². The molecule has 10 rings (SSSR count). The summed E-state index contributed by atoms with van der Waals surface area (Å²) in [6.45, 7) is 8.06. The summed E-state index contributed by atoms with van der Waals surface area (Å²) in [5.74, 6) is -14.9. The number of nitrogens with two attached hydrogens (primary N) is 1. The molecule has 4 saturated heterocycles. The van der Waals surface area contributed by atoms with E-state index in [2.05, 4.69) is 73.1 Å². The molecule has 18 N–H and O–H groups in total. The highest BCUT2D eigenvalue weighted by molar-refractivity contribution is 8.00. The van der Waals surface area contributed by atoms with Crippen LogP contribution in [0.25, 0.3) is 21.8 Å². The average Bonchev–Trinajstić information content (AvgIpc) is 1.28. The molecule has 0 saturated carbocycles. The number of hydrogen-bond acceptors (Lipinski definition) is 22. The lowest BCUT2D eigenvalue weighted by Crippen LogP contribution is -2.71. The minimum absolute atomic E-state index is 0.0120. The molecule has 6 aromatic rings. The number of aliphatic hydroxyl groups excluding tert-OH is 1. The number of carbonyl (C=O) groups excluding carboxylic acids is 15. The summed E-state index contributed by atoms with van der Waals surface area (Å²) in [6, 6.07) is 0.449. The molecule has 15 amide bonds. The molecule has 4 aliphatic rings. The number of primary amides is 1. The van der Waals surface area contributed by atoms with Crippen molar-refractivity contribution in [2.75, 3.05) is 58.9 Å². The maximum atomic E-state index is 15.6. The SMILES string of the molecule is CCCC[C@H]1C(=O)N(C)[C@@H](CCCC)C(=O)N[C@@H](C)C(=O)N[C@H](C(=O)NCC(N)=O)CSCC(=O)N[C@@H](Cc2ccc(O)cc2)C(=O)N(C)[C@@H](C)C(=O)N[C@@H](CCC(=O)O)C(=O)N2CCC[C@H]2C(=O)N[C@@H](Cc2cnc[nH]2)C2(C)N[C@@H](CC(C)O2)C(=O)N2CCC[C@H]2C(=O)N[C@@H](Cc2c[nH]c3ccccc23)C(=O)N[C@@H](CO)C(=O)N[C@@H](Cc2c[nH]c3ccccc23)C(=O)N1C. The second kappa shape index (κ2) is 46.2. The molecular weight excluding hydrogens is 1700 g/mol. The topological polar surface area (TPSA) is 566 Å². The van der Waals surface area contributed by atoms with E-state index in [9.17, 15) is 53.7 Å². The minimum Gasteiger partial charge on any atom is -0.508 e. The summed E-state index contributed by atoms with van der Waals surface area (Å²) in [7, 11) is 4.01. The Labute approximate surface area is 756 Å². The monoisotopic (exact) mass is 1820 g/mol. The zero-order valence-corrected chi connectivity index (χ0v) is 75.4. The van der Waals surface area contributed by atoms with Crippen LogP contribution in [0.4, 0.5) is 0 Å². The van der Waals surface area contributed by atoms with E-state index < -0.39 is 223 Å². The van der Waals surface area contributed by atoms with Gasteiger partial charge in [0.15, 0.2) is 0 Å². The molecule has 2 bridgehead atoms. The quantitative estimate of drug-likeness (QED) is 0.0444. The molecule has 2 unspecified atom stereocenters. The van der Waals surface area contributed by atoms with Gasteiger partial charge in [-0.2, -0.15) is 0 Å². The fourth-order valence-electron chi connectivity index (χ4n) is 17.0. The number of nitrogens with one attached hydrogen (secondary N) is 13. The third kappa shape index (κ3) is 25.7. The van der Waals surface area contributed by atoms with E-state index in [4.69, 9.17) is 10.5 Å². The van der Waals surface area contributed by atoms with Crippen molar-refractivity contribution in [1.29, 1.82) is 0 Å². The van der Waals surface area contributed by atoms with Gasteiger partial charge in [-0.15, -0.1) is 11.8 Å². The second-order valence-corrected chi connectivity index (χ2v) is 35.0. The van der Waals surface area contributed by atoms with E-state index >= 15 is 38.4 Å². The first-order valence-electron chi connectivity index (χ1n) is 44.1. The number of carboxylic acid groups (broad SMARTS) is 1. The molecule has 41 heteroatoms. The van der Waals surface area contributed by atoms with E-state index in [0.29, 0.717) is 76.3 Å². The molecule has 4 fully saturated rings. The van der Waals surface area contributed by atoms with E-state index in [1.807, 2.05) is 26.0 Å². The van der Waals surface area contributed by atoms with E-state index in [0.717, 1.165) is 16.7 Å². The fourth-order valence-corrected chi connectivity index (χ4v) is 17.9. The van der Waals surface area contributed by atoms with E-state index in [-0.39, 0.29) is 88.8 Å². The average molecular weight is 1820 g/mol. The number of carboxylic acids is 1. The fraction of sp³-hybridized carbons (Fsp3) is 0.539. The second-order valence-electron chi connectivity index (χ2n) is 34.0. The lowest BCUT2D eigenvalue weighted by atomic mass is 9.93. The van der Waals surface area contributed by atoms with Crippen molar-refractivity contribution in [1.82, 2.24) is 97.6 Å². The molecule has 3 aromatic carbocycles. The molecule has 130 heavy (non-hydrogen) atoms. The van der Waals surface area contributed by atoms with Crippen LogP contribution in [-0.4, -0.2) is 310 Å². The van der Waals surface area contributed by atoms with Crippen molar-refractivity contribution >= 4 is 128 Å². The zero-order chi connectivity index (χ0) is 94.4. The molecule has 4 aliphatic heterocycles. The summed E-state index contributed by atoms with van der Waals surface area (Å²) in [5, 5.41) is 60.4. The van der Waals surface area contributed by atoms with Gasteiger partial charge in [0.1, 0.15) is 84.0 Å². The Balaban J connectivity index is 0.993. The van der Waals surface area contributed by atoms with Crippen molar-refractivity contribution in [2.45, 2.75) is 247 Å². The normalized spacial score (nSPS) is 26.9. The number of nitrogens with zero attached hydrogens (tertiary/aromatic N) is 6. The van der Waals surface area contributed by atoms with Crippen LogP contribution in [0.5, 0.6) is 5.75 Å². The van der Waals surface area contributed by atoms with Gasteiger partial charge in [0.05, 0.1) is 43.4 Å². The number of likely N-dealkylation sites (N-methyl/N-ethyl adjacent to an activating group) is 3. The third-order valence-electron chi connectivity index (χ3n) is 24.5. The summed E-state index contributed by atoms with van der Waals surface area (Å²) < 4.78 is 6.70. The highest BCUT2D eigenvalue weighted by Crippen LogP contribution is 2.32. The number of aliphatic hydroxyl groups is 1. The van der Waals surface area contributed by atoms with Crippen LogP contribution < -0.4 is 58.9 Å². The van der Waals surface area contributed by atoms with Gasteiger partial charge >= 0.3 is 5.97 Å². The van der Waals surface area contributed by atoms with Crippen LogP contribution in [0.1, 0.15) is 147 Å². The van der Waals surface area contributed by atoms with Crippen molar-refractivity contribution in [2.24, 2.45) is 5.73 Å². The predicted octanol–water partition coefficient (Wildman–Crippen LogP) is -0.201. The first-order valence-corrected chi connectivity index (χ1v) is 45.3. The van der Waals surface area contributed by atoms with Crippen molar-refractivity contribution in [3.05, 3.63) is 120 Å². The van der Waals surface area contributed by atoms with Crippen LogP contribution in [0.15, 0.2) is 97.7 Å². The summed E-state index contributed by atoms with van der Waals surface area (Å²) in [5.41, 5.74) is 7.19. The number of hydrogen-bond donors (Lipinski definition) is 17. The molecule has 0 radical (unpaired) electrons. The van der Waals surface area contributed by atoms with E-state index in [1.54, 1.807) is 62.6 Å². The van der Waals surface area contributed by atoms with Crippen LogP contribution in [0.3, 0.4) is 0 Å². The Hall–Kier alpha value is -12.5. The number of ether oxygens (including phenoxy) is 1. The number of phenolic OH excluding ortho intramolecular Hbond substituents is 1. The number of aromatic amines is 3. The van der Waals surface area contributed by atoms with Gasteiger partial charge < -0.3 is 113 Å². The lowest BCUT2D eigenvalue weighted by Gasteiger charge is -2.47. The number of aromatic nitrogens is 4. The molecule has 704 valence electrons. The number of aliphatic carboxylic acids is 1. The molecule has 0 aliphatic carbocycles. The number of imidazole rings is 1. The maximum absolute atomic E-state index is 15.6. The highest BCUT2D eigenvalue weighted by atomic mass is 32.2. The number of phenols is 1. The van der Waals surface area contributed by atoms with E-state index in [1.165, 1.54) is 91.4 Å². The number of carbonyl (C=O) groups is 16.